The SMILES string of the molecule is CCS(=O)c1ccccc1C(=O)N1CCN(C)CC1. The number of nitrogens with zero attached hydrogens (tertiary/aromatic N) is 2. The summed E-state index contributed by atoms with van der Waals surface area (Å²) in [5.74, 6) is 0.540. The van der Waals surface area contributed by atoms with Gasteiger partial charge in [0.05, 0.1) is 21.3 Å². The predicted molar refractivity (Wildman–Crippen MR) is 76.8 cm³/mol. The second kappa shape index (κ2) is 6.30. The van der Waals surface area contributed by atoms with Gasteiger partial charge in [-0.05, 0) is 19.2 Å². The zero-order chi connectivity index (χ0) is 13.8. The molecule has 4 nitrogen and oxygen atoms in total. The largest absolute Gasteiger partial charge is 0.336 e. The number of carbonyl (C=O) groups is 1. The maximum Gasteiger partial charge on any atom is 0.255 e. The molecule has 1 aromatic rings. The van der Waals surface area contributed by atoms with Gasteiger partial charge in [0.25, 0.3) is 5.91 Å². The van der Waals surface area contributed by atoms with E-state index in [9.17, 15) is 9.00 Å². The van der Waals surface area contributed by atoms with Crippen LogP contribution in [0.3, 0.4) is 0 Å². The zero-order valence-corrected chi connectivity index (χ0v) is 12.3. The Balaban J connectivity index is 2.21. The van der Waals surface area contributed by atoms with E-state index >= 15 is 0 Å². The highest BCUT2D eigenvalue weighted by atomic mass is 32.2. The van der Waals surface area contributed by atoms with Crippen molar-refractivity contribution in [2.75, 3.05) is 39.0 Å². The molecule has 1 aliphatic rings. The summed E-state index contributed by atoms with van der Waals surface area (Å²) >= 11 is 0. The molecule has 1 heterocycles. The fourth-order valence-electron chi connectivity index (χ4n) is 2.18. The number of carbonyl (C=O) groups excluding carboxylic acids is 1. The Bertz CT molecular complexity index is 482. The second-order valence-corrected chi connectivity index (χ2v) is 6.43. The van der Waals surface area contributed by atoms with Crippen molar-refractivity contribution in [2.24, 2.45) is 0 Å². The van der Waals surface area contributed by atoms with Gasteiger partial charge in [0.2, 0.25) is 0 Å². The van der Waals surface area contributed by atoms with Crippen LogP contribution in [0.5, 0.6) is 0 Å². The van der Waals surface area contributed by atoms with Gasteiger partial charge < -0.3 is 9.80 Å². The van der Waals surface area contributed by atoms with Crippen LogP contribution in [0.15, 0.2) is 29.2 Å². The summed E-state index contributed by atoms with van der Waals surface area (Å²) in [5, 5.41) is 0. The van der Waals surface area contributed by atoms with Gasteiger partial charge in [0, 0.05) is 31.9 Å². The van der Waals surface area contributed by atoms with Gasteiger partial charge in [0.15, 0.2) is 0 Å². The van der Waals surface area contributed by atoms with Gasteiger partial charge in [-0.1, -0.05) is 19.1 Å². The second-order valence-electron chi connectivity index (χ2n) is 4.73. The lowest BCUT2D eigenvalue weighted by Crippen LogP contribution is -2.47. The molecule has 1 aromatic carbocycles. The monoisotopic (exact) mass is 280 g/mol. The van der Waals surface area contributed by atoms with Crippen molar-refractivity contribution in [3.8, 4) is 0 Å². The van der Waals surface area contributed by atoms with E-state index in [-0.39, 0.29) is 5.91 Å². The molecular formula is C14H20N2O2S. The van der Waals surface area contributed by atoms with Crippen LogP contribution in [0.4, 0.5) is 0 Å². The molecule has 1 amide bonds. The van der Waals surface area contributed by atoms with Crippen LogP contribution in [0.1, 0.15) is 17.3 Å². The van der Waals surface area contributed by atoms with Crippen LogP contribution in [-0.2, 0) is 10.8 Å². The lowest BCUT2D eigenvalue weighted by molar-refractivity contribution is 0.0660. The van der Waals surface area contributed by atoms with Crippen LogP contribution in [0.25, 0.3) is 0 Å². The Morgan fingerprint density at radius 2 is 1.84 bits per heavy atom. The standard InChI is InChI=1S/C14H20N2O2S/c1-3-19(18)13-7-5-4-6-12(13)14(17)16-10-8-15(2)9-11-16/h4-7H,3,8-11H2,1-2H3. The molecule has 0 N–H and O–H groups in total. The molecule has 1 aliphatic heterocycles. The molecule has 5 heteroatoms. The van der Waals surface area contributed by atoms with Crippen molar-refractivity contribution < 1.29 is 9.00 Å². The normalized spacial score (nSPS) is 18.3. The van der Waals surface area contributed by atoms with Crippen molar-refractivity contribution in [2.45, 2.75) is 11.8 Å². The van der Waals surface area contributed by atoms with Crippen molar-refractivity contribution in [3.05, 3.63) is 29.8 Å². The van der Waals surface area contributed by atoms with E-state index in [2.05, 4.69) is 11.9 Å². The number of rotatable bonds is 3. The van der Waals surface area contributed by atoms with Crippen LogP contribution in [0.2, 0.25) is 0 Å². The number of benzene rings is 1. The van der Waals surface area contributed by atoms with Gasteiger partial charge >= 0.3 is 0 Å². The lowest BCUT2D eigenvalue weighted by atomic mass is 10.2. The molecule has 1 unspecified atom stereocenters. The summed E-state index contributed by atoms with van der Waals surface area (Å²) in [6.07, 6.45) is 0. The van der Waals surface area contributed by atoms with E-state index in [4.69, 9.17) is 0 Å². The molecule has 1 saturated heterocycles. The summed E-state index contributed by atoms with van der Waals surface area (Å²) in [7, 11) is 0.966. The summed E-state index contributed by atoms with van der Waals surface area (Å²) in [6, 6.07) is 7.25. The molecule has 1 atom stereocenters. The molecule has 2 rings (SSSR count). The number of amides is 1. The van der Waals surface area contributed by atoms with Gasteiger partial charge in [-0.15, -0.1) is 0 Å². The Labute approximate surface area is 116 Å². The van der Waals surface area contributed by atoms with Crippen LogP contribution < -0.4 is 0 Å². The van der Waals surface area contributed by atoms with E-state index < -0.39 is 10.8 Å². The molecule has 104 valence electrons. The van der Waals surface area contributed by atoms with Crippen LogP contribution in [0, 0.1) is 0 Å². The van der Waals surface area contributed by atoms with Gasteiger partial charge in [-0.2, -0.15) is 0 Å². The van der Waals surface area contributed by atoms with Crippen molar-refractivity contribution in [1.29, 1.82) is 0 Å². The number of hydrogen-bond acceptors (Lipinski definition) is 3. The minimum absolute atomic E-state index is 0.00509. The predicted octanol–water partition coefficient (Wildman–Crippen LogP) is 1.20. The molecule has 0 bridgehead atoms. The summed E-state index contributed by atoms with van der Waals surface area (Å²) in [5.41, 5.74) is 0.590. The average molecular weight is 280 g/mol. The highest BCUT2D eigenvalue weighted by Gasteiger charge is 2.23. The Morgan fingerprint density at radius 3 is 2.47 bits per heavy atom. The molecule has 0 radical (unpaired) electrons. The van der Waals surface area contributed by atoms with Crippen molar-refractivity contribution >= 4 is 16.7 Å². The minimum atomic E-state index is -1.09. The molecule has 19 heavy (non-hydrogen) atoms. The third-order valence-corrected chi connectivity index (χ3v) is 4.79. The molecular weight excluding hydrogens is 260 g/mol. The van der Waals surface area contributed by atoms with Crippen LogP contribution >= 0.6 is 0 Å². The summed E-state index contributed by atoms with van der Waals surface area (Å²) in [4.78, 5) is 17.2. The molecule has 0 saturated carbocycles. The Kier molecular flexibility index (Phi) is 4.71. The van der Waals surface area contributed by atoms with E-state index in [1.54, 1.807) is 12.1 Å². The minimum Gasteiger partial charge on any atom is -0.336 e. The first-order chi connectivity index (χ1) is 9.13. The molecule has 1 fully saturated rings. The Hall–Kier alpha value is -1.20. The molecule has 0 aromatic heterocycles. The van der Waals surface area contributed by atoms with E-state index in [1.807, 2.05) is 24.0 Å². The van der Waals surface area contributed by atoms with Crippen LogP contribution in [-0.4, -0.2) is 58.9 Å². The number of piperazine rings is 1. The Morgan fingerprint density at radius 1 is 1.21 bits per heavy atom. The quantitative estimate of drug-likeness (QED) is 0.835. The van der Waals surface area contributed by atoms with E-state index in [0.717, 1.165) is 26.2 Å². The third kappa shape index (κ3) is 3.22. The van der Waals surface area contributed by atoms with Crippen molar-refractivity contribution in [1.82, 2.24) is 9.80 Å². The summed E-state index contributed by atoms with van der Waals surface area (Å²) in [6.45, 7) is 5.13. The maximum atomic E-state index is 12.5. The van der Waals surface area contributed by atoms with Crippen molar-refractivity contribution in [3.63, 3.8) is 0 Å². The lowest BCUT2D eigenvalue weighted by Gasteiger charge is -2.32. The van der Waals surface area contributed by atoms with E-state index in [0.29, 0.717) is 16.2 Å². The van der Waals surface area contributed by atoms with E-state index in [1.165, 1.54) is 0 Å². The van der Waals surface area contributed by atoms with Gasteiger partial charge in [-0.25, -0.2) is 0 Å². The maximum absolute atomic E-state index is 12.5. The molecule has 0 aliphatic carbocycles. The average Bonchev–Trinajstić information content (AvgIpc) is 2.46. The fraction of sp³-hybridized carbons (Fsp3) is 0.500. The first-order valence-corrected chi connectivity index (χ1v) is 7.90. The highest BCUT2D eigenvalue weighted by Crippen LogP contribution is 2.17. The fourth-order valence-corrected chi connectivity index (χ4v) is 3.12. The summed E-state index contributed by atoms with van der Waals surface area (Å²) < 4.78 is 12.0. The van der Waals surface area contributed by atoms with Gasteiger partial charge in [-0.3, -0.25) is 9.00 Å². The number of hydrogen-bond donors (Lipinski definition) is 0. The topological polar surface area (TPSA) is 40.6 Å². The smallest absolute Gasteiger partial charge is 0.255 e. The number of likely N-dealkylation sites (N-methyl/N-ethyl adjacent to an activating group) is 1. The first kappa shape index (κ1) is 14.2. The first-order valence-electron chi connectivity index (χ1n) is 6.58. The van der Waals surface area contributed by atoms with Gasteiger partial charge in [0.1, 0.15) is 0 Å². The highest BCUT2D eigenvalue weighted by molar-refractivity contribution is 7.85. The molecule has 0 spiro atoms. The zero-order valence-electron chi connectivity index (χ0n) is 11.5. The third-order valence-electron chi connectivity index (χ3n) is 3.42.